The summed E-state index contributed by atoms with van der Waals surface area (Å²) in [5, 5.41) is 19.7. The lowest BCUT2D eigenvalue weighted by Gasteiger charge is -2.36. The summed E-state index contributed by atoms with van der Waals surface area (Å²) in [6, 6.07) is 3.78. The lowest BCUT2D eigenvalue weighted by Crippen LogP contribution is -2.59. The molecular weight excluding hydrogens is 612 g/mol. The number of ketones is 1. The highest BCUT2D eigenvalue weighted by Crippen LogP contribution is 2.34. The third kappa shape index (κ3) is 10.0. The molecule has 1 saturated carbocycles. The Morgan fingerprint density at radius 2 is 1.80 bits per heavy atom. The highest BCUT2D eigenvalue weighted by atomic mass is 35.5. The fourth-order valence-electron chi connectivity index (χ4n) is 6.19. The van der Waals surface area contributed by atoms with Crippen LogP contribution in [0.15, 0.2) is 29.4 Å². The second kappa shape index (κ2) is 15.9. The number of halogens is 1. The number of carboxylic acid groups (broad SMARTS) is 1. The highest BCUT2D eigenvalue weighted by Gasteiger charge is 2.51. The van der Waals surface area contributed by atoms with Crippen LogP contribution in [0, 0.1) is 11.3 Å². The molecule has 4 atom stereocenters. The molecule has 0 aromatic heterocycles. The number of hydrogen-bond acceptors (Lipinski definition) is 7. The summed E-state index contributed by atoms with van der Waals surface area (Å²) in [6.07, 6.45) is 6.23. The number of hydrogen-bond donors (Lipinski definition) is 3. The number of carbonyl (C=O) groups is 5. The van der Waals surface area contributed by atoms with Gasteiger partial charge in [-0.2, -0.15) is 0 Å². The van der Waals surface area contributed by atoms with Crippen LogP contribution in [0.3, 0.4) is 0 Å². The lowest BCUT2D eigenvalue weighted by atomic mass is 9.84. The van der Waals surface area contributed by atoms with Gasteiger partial charge in [0.1, 0.15) is 12.1 Å². The summed E-state index contributed by atoms with van der Waals surface area (Å²) in [5.41, 5.74) is -0.555. The van der Waals surface area contributed by atoms with Crippen LogP contribution < -0.4 is 10.6 Å². The molecule has 3 rings (SSSR count). The maximum atomic E-state index is 14.3. The SMILES string of the molecule is CCC[C@H](NC(=O)[C@@H]1C[C@@](C)(O/N=C(\C)c2cccc(Cl)c2)CN1C(=O)[C@@H](NC(=O)CC1CCCCC1)C(C)(C)C)C(=O)C(=O)O. The second-order valence-electron chi connectivity index (χ2n) is 14.0. The fourth-order valence-corrected chi connectivity index (χ4v) is 6.38. The Morgan fingerprint density at radius 3 is 2.39 bits per heavy atom. The summed E-state index contributed by atoms with van der Waals surface area (Å²) in [4.78, 5) is 72.6. The van der Waals surface area contributed by atoms with Gasteiger partial charge in [0.25, 0.3) is 5.78 Å². The predicted octanol–water partition coefficient (Wildman–Crippen LogP) is 4.88. The van der Waals surface area contributed by atoms with Crippen molar-refractivity contribution in [2.75, 3.05) is 6.54 Å². The van der Waals surface area contributed by atoms with E-state index in [1.807, 2.05) is 26.8 Å². The first-order valence-electron chi connectivity index (χ1n) is 16.2. The number of carboxylic acids is 1. The van der Waals surface area contributed by atoms with Gasteiger partial charge in [-0.3, -0.25) is 19.2 Å². The Hall–Kier alpha value is -3.47. The molecule has 0 spiro atoms. The minimum absolute atomic E-state index is 0.0177. The van der Waals surface area contributed by atoms with Crippen LogP contribution in [0.4, 0.5) is 0 Å². The number of nitrogens with zero attached hydrogens (tertiary/aromatic N) is 2. The predicted molar refractivity (Wildman–Crippen MR) is 175 cm³/mol. The lowest BCUT2D eigenvalue weighted by molar-refractivity contribution is -0.151. The molecule has 1 aromatic rings. The van der Waals surface area contributed by atoms with E-state index < -0.39 is 52.7 Å². The van der Waals surface area contributed by atoms with E-state index in [1.165, 1.54) is 11.3 Å². The number of rotatable bonds is 13. The molecule has 1 heterocycles. The van der Waals surface area contributed by atoms with Crippen molar-refractivity contribution in [2.24, 2.45) is 16.5 Å². The van der Waals surface area contributed by atoms with Gasteiger partial charge in [0.05, 0.1) is 18.3 Å². The van der Waals surface area contributed by atoms with Crippen LogP contribution in [-0.4, -0.2) is 75.5 Å². The molecule has 2 fully saturated rings. The summed E-state index contributed by atoms with van der Waals surface area (Å²) in [6.45, 7) is 10.8. The van der Waals surface area contributed by atoms with Crippen LogP contribution >= 0.6 is 11.6 Å². The zero-order valence-electron chi connectivity index (χ0n) is 27.9. The molecule has 3 N–H and O–H groups in total. The minimum Gasteiger partial charge on any atom is -0.475 e. The molecule has 1 aliphatic carbocycles. The van der Waals surface area contributed by atoms with Gasteiger partial charge >= 0.3 is 5.97 Å². The van der Waals surface area contributed by atoms with E-state index in [4.69, 9.17) is 16.4 Å². The number of Topliss-reactive ketones (excluding diaryl/α,β-unsaturated/α-hetero) is 1. The zero-order valence-corrected chi connectivity index (χ0v) is 28.6. The van der Waals surface area contributed by atoms with Gasteiger partial charge in [0.15, 0.2) is 5.60 Å². The van der Waals surface area contributed by atoms with Gasteiger partial charge in [-0.25, -0.2) is 4.79 Å². The van der Waals surface area contributed by atoms with E-state index in [2.05, 4.69) is 15.8 Å². The van der Waals surface area contributed by atoms with E-state index in [9.17, 15) is 29.1 Å². The molecule has 1 aliphatic heterocycles. The summed E-state index contributed by atoms with van der Waals surface area (Å²) < 4.78 is 0. The smallest absolute Gasteiger partial charge is 0.374 e. The van der Waals surface area contributed by atoms with Crippen molar-refractivity contribution >= 4 is 46.8 Å². The van der Waals surface area contributed by atoms with Gasteiger partial charge in [0, 0.05) is 23.4 Å². The van der Waals surface area contributed by atoms with E-state index >= 15 is 0 Å². The van der Waals surface area contributed by atoms with Crippen molar-refractivity contribution in [1.82, 2.24) is 15.5 Å². The molecule has 2 aliphatic rings. The van der Waals surface area contributed by atoms with E-state index in [0.29, 0.717) is 23.6 Å². The van der Waals surface area contributed by atoms with Crippen LogP contribution in [-0.2, 0) is 28.8 Å². The standard InChI is InChI=1S/C34H49ClN4O7/c1-7-12-25(28(41)32(44)45)36-30(42)26-19-34(6,46-38-21(2)23-15-11-16-24(35)18-23)20-39(26)31(43)29(33(3,4)5)37-27(40)17-22-13-9-8-10-14-22/h11,15-16,18,22,25-26,29H,7-10,12-14,17,19-20H2,1-6H3,(H,36,42)(H,37,40)(H,44,45)/b38-21+/t25-,26-,29+,34+/m0/s1. The summed E-state index contributed by atoms with van der Waals surface area (Å²) in [5.74, 6) is -3.86. The van der Waals surface area contributed by atoms with Gasteiger partial charge in [-0.1, -0.05) is 82.3 Å². The molecule has 11 nitrogen and oxygen atoms in total. The quantitative estimate of drug-likeness (QED) is 0.155. The largest absolute Gasteiger partial charge is 0.475 e. The third-order valence-corrected chi connectivity index (χ3v) is 9.01. The van der Waals surface area contributed by atoms with Crippen molar-refractivity contribution in [3.8, 4) is 0 Å². The second-order valence-corrected chi connectivity index (χ2v) is 14.4. The van der Waals surface area contributed by atoms with Crippen LogP contribution in [0.1, 0.15) is 105 Å². The average molecular weight is 661 g/mol. The van der Waals surface area contributed by atoms with Gasteiger partial charge < -0.3 is 25.5 Å². The van der Waals surface area contributed by atoms with Gasteiger partial charge in [-0.05, 0) is 56.6 Å². The number of carbonyl (C=O) groups excluding carboxylic acids is 4. The van der Waals surface area contributed by atoms with Crippen molar-refractivity contribution in [1.29, 1.82) is 0 Å². The first-order chi connectivity index (χ1) is 21.5. The molecule has 0 radical (unpaired) electrons. The first kappa shape index (κ1) is 37.0. The number of oxime groups is 1. The zero-order chi connectivity index (χ0) is 34.2. The molecule has 46 heavy (non-hydrogen) atoms. The van der Waals surface area contributed by atoms with Crippen LogP contribution in [0.2, 0.25) is 5.02 Å². The van der Waals surface area contributed by atoms with Crippen molar-refractivity contribution < 1.29 is 33.9 Å². The number of benzene rings is 1. The monoisotopic (exact) mass is 660 g/mol. The maximum Gasteiger partial charge on any atom is 0.374 e. The van der Waals surface area contributed by atoms with Crippen molar-refractivity contribution in [3.05, 3.63) is 34.9 Å². The molecule has 1 aromatic carbocycles. The third-order valence-electron chi connectivity index (χ3n) is 8.78. The number of amides is 3. The first-order valence-corrected chi connectivity index (χ1v) is 16.6. The topological polar surface area (TPSA) is 154 Å². The Labute approximate surface area is 276 Å². The number of aliphatic carboxylic acids is 1. The maximum absolute atomic E-state index is 14.3. The molecule has 1 saturated heterocycles. The Morgan fingerprint density at radius 1 is 1.13 bits per heavy atom. The Kier molecular flexibility index (Phi) is 12.8. The Balaban J connectivity index is 1.91. The number of likely N-dealkylation sites (tertiary alicyclic amines) is 1. The van der Waals surface area contributed by atoms with Crippen LogP contribution in [0.25, 0.3) is 0 Å². The molecule has 0 unspecified atom stereocenters. The minimum atomic E-state index is -1.65. The normalized spacial score (nSPS) is 22.1. The van der Waals surface area contributed by atoms with Crippen molar-refractivity contribution in [2.45, 2.75) is 123 Å². The molecule has 3 amide bonds. The fraction of sp³-hybridized carbons (Fsp3) is 0.647. The highest BCUT2D eigenvalue weighted by molar-refractivity contribution is 6.35. The molecular formula is C34H49ClN4O7. The average Bonchev–Trinajstić information content (AvgIpc) is 3.35. The molecule has 12 heteroatoms. The van der Waals surface area contributed by atoms with E-state index in [-0.39, 0.29) is 31.2 Å². The Bertz CT molecular complexity index is 1320. The number of nitrogens with one attached hydrogen (secondary N) is 2. The summed E-state index contributed by atoms with van der Waals surface area (Å²) in [7, 11) is 0. The van der Waals surface area contributed by atoms with E-state index in [1.54, 1.807) is 39.0 Å². The van der Waals surface area contributed by atoms with Gasteiger partial charge in [0.2, 0.25) is 17.7 Å². The van der Waals surface area contributed by atoms with Gasteiger partial charge in [-0.15, -0.1) is 0 Å². The van der Waals surface area contributed by atoms with E-state index in [0.717, 1.165) is 31.2 Å². The van der Waals surface area contributed by atoms with Crippen molar-refractivity contribution in [3.63, 3.8) is 0 Å². The van der Waals surface area contributed by atoms with Crippen LogP contribution in [0.5, 0.6) is 0 Å². The summed E-state index contributed by atoms with van der Waals surface area (Å²) >= 11 is 6.14. The molecule has 254 valence electrons. The molecule has 0 bridgehead atoms.